The van der Waals surface area contributed by atoms with Crippen molar-refractivity contribution < 1.29 is 23.5 Å². The summed E-state index contributed by atoms with van der Waals surface area (Å²) in [5.41, 5.74) is -0.497. The fraction of sp³-hybridized carbons (Fsp3) is 0.318. The predicted molar refractivity (Wildman–Crippen MR) is 108 cm³/mol. The Balaban J connectivity index is 2.04. The first-order valence-electron chi connectivity index (χ1n) is 9.19. The molecule has 1 aliphatic heterocycles. The highest BCUT2D eigenvalue weighted by Crippen LogP contribution is 2.42. The minimum absolute atomic E-state index is 0.285. The molecular weight excluding hydrogens is 375 g/mol. The van der Waals surface area contributed by atoms with E-state index in [0.29, 0.717) is 17.1 Å². The summed E-state index contributed by atoms with van der Waals surface area (Å²) in [6, 6.07) is 10.2. The summed E-state index contributed by atoms with van der Waals surface area (Å²) in [4.78, 5) is 39.5. The predicted octanol–water partition coefficient (Wildman–Crippen LogP) is 5.06. The van der Waals surface area contributed by atoms with Crippen molar-refractivity contribution in [2.24, 2.45) is 5.41 Å². The van der Waals surface area contributed by atoms with Gasteiger partial charge in [0, 0.05) is 16.9 Å². The van der Waals surface area contributed by atoms with Crippen LogP contribution in [0, 0.1) is 11.2 Å². The minimum Gasteiger partial charge on any atom is -0.444 e. The topological polar surface area (TPSA) is 75.7 Å². The number of fused-ring (bicyclic) bond motifs is 1. The van der Waals surface area contributed by atoms with Gasteiger partial charge in [0.05, 0.1) is 5.69 Å². The monoisotopic (exact) mass is 398 g/mol. The molecule has 2 aromatic rings. The Kier molecular flexibility index (Phi) is 4.94. The van der Waals surface area contributed by atoms with E-state index in [9.17, 15) is 18.8 Å². The lowest BCUT2D eigenvalue weighted by atomic mass is 9.78. The summed E-state index contributed by atoms with van der Waals surface area (Å²) < 4.78 is 18.6. The molecule has 0 fully saturated rings. The standard InChI is InChI=1S/C22H23FN2O4/c1-21(2,3)29-20(28)24-14-8-11-17-16(12-14)18(26)22(4,5)19(27)25(17)15-9-6-13(23)7-10-15/h6-12H,1-5H3,(H,24,28). The van der Waals surface area contributed by atoms with E-state index in [-0.39, 0.29) is 11.3 Å². The van der Waals surface area contributed by atoms with Crippen LogP contribution in [0.4, 0.5) is 26.2 Å². The van der Waals surface area contributed by atoms with Gasteiger partial charge in [0.15, 0.2) is 5.78 Å². The fourth-order valence-electron chi connectivity index (χ4n) is 3.08. The van der Waals surface area contributed by atoms with Crippen molar-refractivity contribution in [1.82, 2.24) is 0 Å². The number of hydrogen-bond donors (Lipinski definition) is 1. The molecule has 0 saturated carbocycles. The molecular formula is C22H23FN2O4. The van der Waals surface area contributed by atoms with Crippen LogP contribution in [0.15, 0.2) is 42.5 Å². The van der Waals surface area contributed by atoms with Crippen LogP contribution in [-0.4, -0.2) is 23.4 Å². The number of halogens is 1. The van der Waals surface area contributed by atoms with E-state index in [1.165, 1.54) is 35.2 Å². The maximum absolute atomic E-state index is 13.3. The molecule has 152 valence electrons. The van der Waals surface area contributed by atoms with Gasteiger partial charge in [-0.15, -0.1) is 0 Å². The zero-order valence-corrected chi connectivity index (χ0v) is 17.0. The van der Waals surface area contributed by atoms with Crippen LogP contribution in [0.25, 0.3) is 0 Å². The van der Waals surface area contributed by atoms with E-state index >= 15 is 0 Å². The summed E-state index contributed by atoms with van der Waals surface area (Å²) in [5, 5.41) is 2.60. The Morgan fingerprint density at radius 3 is 2.28 bits per heavy atom. The van der Waals surface area contributed by atoms with Crippen LogP contribution in [-0.2, 0) is 9.53 Å². The minimum atomic E-state index is -1.31. The number of Topliss-reactive ketones (excluding diaryl/α,β-unsaturated/α-hetero) is 1. The molecule has 1 N–H and O–H groups in total. The number of benzene rings is 2. The quantitative estimate of drug-likeness (QED) is 0.718. The molecule has 2 amide bonds. The fourth-order valence-corrected chi connectivity index (χ4v) is 3.08. The van der Waals surface area contributed by atoms with Gasteiger partial charge in [0.25, 0.3) is 0 Å². The van der Waals surface area contributed by atoms with Gasteiger partial charge < -0.3 is 4.74 Å². The Morgan fingerprint density at radius 1 is 1.07 bits per heavy atom. The third kappa shape index (κ3) is 3.99. The van der Waals surface area contributed by atoms with Gasteiger partial charge in [0.1, 0.15) is 16.8 Å². The molecule has 0 spiro atoms. The van der Waals surface area contributed by atoms with E-state index in [1.54, 1.807) is 46.8 Å². The summed E-state index contributed by atoms with van der Waals surface area (Å²) in [6.45, 7) is 8.34. The summed E-state index contributed by atoms with van der Waals surface area (Å²) in [6.07, 6.45) is -0.647. The van der Waals surface area contributed by atoms with E-state index in [2.05, 4.69) is 5.32 Å². The highest BCUT2D eigenvalue weighted by molar-refractivity contribution is 6.26. The van der Waals surface area contributed by atoms with Gasteiger partial charge in [0.2, 0.25) is 5.91 Å². The SMILES string of the molecule is CC(C)(C)OC(=O)Nc1ccc2c(c1)C(=O)C(C)(C)C(=O)N2c1ccc(F)cc1. The van der Waals surface area contributed by atoms with Crippen molar-refractivity contribution in [2.45, 2.75) is 40.2 Å². The van der Waals surface area contributed by atoms with E-state index in [1.807, 2.05) is 0 Å². The molecule has 0 bridgehead atoms. The second kappa shape index (κ2) is 6.99. The van der Waals surface area contributed by atoms with Crippen LogP contribution in [0.5, 0.6) is 0 Å². The highest BCUT2D eigenvalue weighted by atomic mass is 19.1. The second-order valence-electron chi connectivity index (χ2n) is 8.43. The van der Waals surface area contributed by atoms with Gasteiger partial charge in [-0.2, -0.15) is 0 Å². The van der Waals surface area contributed by atoms with Crippen LogP contribution in [0.2, 0.25) is 0 Å². The van der Waals surface area contributed by atoms with Crippen LogP contribution in [0.3, 0.4) is 0 Å². The van der Waals surface area contributed by atoms with Crippen molar-refractivity contribution >= 4 is 34.8 Å². The molecule has 2 aromatic carbocycles. The number of carbonyl (C=O) groups is 3. The molecule has 6 nitrogen and oxygen atoms in total. The molecule has 29 heavy (non-hydrogen) atoms. The number of ether oxygens (including phenoxy) is 1. The normalized spacial score (nSPS) is 15.7. The van der Waals surface area contributed by atoms with Crippen molar-refractivity contribution in [1.29, 1.82) is 0 Å². The van der Waals surface area contributed by atoms with Gasteiger partial charge in [-0.05, 0) is 77.1 Å². The van der Waals surface area contributed by atoms with Crippen LogP contribution in [0.1, 0.15) is 45.0 Å². The molecule has 1 heterocycles. The lowest BCUT2D eigenvalue weighted by Crippen LogP contribution is -2.47. The van der Waals surface area contributed by atoms with Crippen molar-refractivity contribution in [2.75, 3.05) is 10.2 Å². The lowest BCUT2D eigenvalue weighted by Gasteiger charge is -2.37. The third-order valence-electron chi connectivity index (χ3n) is 4.52. The van der Waals surface area contributed by atoms with Gasteiger partial charge in [-0.3, -0.25) is 19.8 Å². The Morgan fingerprint density at radius 2 is 1.69 bits per heavy atom. The zero-order chi connectivity index (χ0) is 21.6. The number of nitrogens with one attached hydrogen (secondary N) is 1. The molecule has 0 aromatic heterocycles. The number of carbonyl (C=O) groups excluding carboxylic acids is 3. The summed E-state index contributed by atoms with van der Waals surface area (Å²) >= 11 is 0. The van der Waals surface area contributed by atoms with Gasteiger partial charge in [-0.1, -0.05) is 0 Å². The van der Waals surface area contributed by atoms with Gasteiger partial charge >= 0.3 is 6.09 Å². The molecule has 0 aliphatic carbocycles. The molecule has 7 heteroatoms. The molecule has 0 saturated heterocycles. The first-order valence-corrected chi connectivity index (χ1v) is 9.19. The number of nitrogens with zero attached hydrogens (tertiary/aromatic N) is 1. The van der Waals surface area contributed by atoms with Crippen molar-refractivity contribution in [3.63, 3.8) is 0 Å². The second-order valence-corrected chi connectivity index (χ2v) is 8.43. The number of ketones is 1. The van der Waals surface area contributed by atoms with E-state index < -0.39 is 28.8 Å². The number of hydrogen-bond acceptors (Lipinski definition) is 4. The van der Waals surface area contributed by atoms with Crippen LogP contribution >= 0.6 is 0 Å². The van der Waals surface area contributed by atoms with Gasteiger partial charge in [-0.25, -0.2) is 9.18 Å². The average molecular weight is 398 g/mol. The third-order valence-corrected chi connectivity index (χ3v) is 4.52. The molecule has 1 aliphatic rings. The maximum atomic E-state index is 13.3. The van der Waals surface area contributed by atoms with Crippen LogP contribution < -0.4 is 10.2 Å². The largest absolute Gasteiger partial charge is 0.444 e. The number of amides is 2. The lowest BCUT2D eigenvalue weighted by molar-refractivity contribution is -0.124. The molecule has 0 unspecified atom stereocenters. The smallest absolute Gasteiger partial charge is 0.412 e. The summed E-state index contributed by atoms with van der Waals surface area (Å²) in [5.74, 6) is -1.19. The number of rotatable bonds is 2. The Labute approximate surface area is 168 Å². The van der Waals surface area contributed by atoms with Crippen molar-refractivity contribution in [3.05, 3.63) is 53.8 Å². The maximum Gasteiger partial charge on any atom is 0.412 e. The molecule has 0 radical (unpaired) electrons. The first kappa shape index (κ1) is 20.5. The summed E-state index contributed by atoms with van der Waals surface area (Å²) in [7, 11) is 0. The van der Waals surface area contributed by atoms with E-state index in [4.69, 9.17) is 4.74 Å². The highest BCUT2D eigenvalue weighted by Gasteiger charge is 2.46. The molecule has 3 rings (SSSR count). The number of anilines is 3. The van der Waals surface area contributed by atoms with E-state index in [0.717, 1.165) is 0 Å². The zero-order valence-electron chi connectivity index (χ0n) is 17.0. The average Bonchev–Trinajstić information content (AvgIpc) is 2.61. The molecule has 0 atom stereocenters. The Hall–Kier alpha value is -3.22. The first-order chi connectivity index (χ1) is 13.4. The van der Waals surface area contributed by atoms with Crippen molar-refractivity contribution in [3.8, 4) is 0 Å². The Bertz CT molecular complexity index is 991.